The molecule has 4 heterocycles. The minimum absolute atomic E-state index is 0. The number of benzene rings is 8. The summed E-state index contributed by atoms with van der Waals surface area (Å²) in [6.45, 7) is 23.1. The molecule has 8 aromatic carbocycles. The number of alkyl carbamates (subject to hydrolysis) is 2. The van der Waals surface area contributed by atoms with Gasteiger partial charge in [-0.3, -0.25) is 19.2 Å². The van der Waals surface area contributed by atoms with Crippen LogP contribution in [0.15, 0.2) is 194 Å². The summed E-state index contributed by atoms with van der Waals surface area (Å²) in [5, 5.41) is 26.5. The molecule has 0 saturated carbocycles. The normalized spacial score (nSPS) is 11.6. The van der Waals surface area contributed by atoms with Crippen LogP contribution in [-0.4, -0.2) is 147 Å². The Hall–Kier alpha value is -11.5. The second kappa shape index (κ2) is 57.8. The number of nitrogens with one attached hydrogen (secondary N) is 9. The Morgan fingerprint density at radius 3 is 0.940 bits per heavy atom. The molecule has 0 aliphatic carbocycles. The van der Waals surface area contributed by atoms with Crippen molar-refractivity contribution in [2.24, 2.45) is 17.6 Å². The number of quaternary nitrogens is 2. The second-order valence-electron chi connectivity index (χ2n) is 33.7. The predicted octanol–water partition coefficient (Wildman–Crippen LogP) is 14.8. The van der Waals surface area contributed by atoms with E-state index < -0.39 is 35.0 Å². The third-order valence-electron chi connectivity index (χ3n) is 19.5. The monoisotopic (exact) mass is 1920 g/mol. The van der Waals surface area contributed by atoms with Gasteiger partial charge < -0.3 is 120 Å². The molecule has 5 amide bonds. The fourth-order valence-electron chi connectivity index (χ4n) is 13.1. The molecule has 0 fully saturated rings. The number of ether oxygens (including phenoxy) is 3. The molecule has 0 unspecified atom stereocenters. The van der Waals surface area contributed by atoms with E-state index in [1.165, 1.54) is 48.5 Å². The largest absolute Gasteiger partial charge is 1.00 e. The van der Waals surface area contributed by atoms with Gasteiger partial charge in [0.25, 0.3) is 17.7 Å². The number of amides is 5. The molecular formula is C100H136Cl4F4N14O11. The summed E-state index contributed by atoms with van der Waals surface area (Å²) in [7, 11) is 0. The van der Waals surface area contributed by atoms with E-state index in [0.717, 1.165) is 153 Å². The molecule has 0 radical (unpaired) electrons. The van der Waals surface area contributed by atoms with Crippen LogP contribution in [0.25, 0.3) is 88.1 Å². The van der Waals surface area contributed by atoms with Crippen LogP contribution in [0, 0.1) is 35.1 Å². The van der Waals surface area contributed by atoms with Gasteiger partial charge >= 0.3 is 24.1 Å². The molecule has 0 aliphatic heterocycles. The van der Waals surface area contributed by atoms with Gasteiger partial charge in [0.05, 0.1) is 23.8 Å². The summed E-state index contributed by atoms with van der Waals surface area (Å²) in [5.74, 6) is -2.47. The minimum atomic E-state index is -0.987. The van der Waals surface area contributed by atoms with Crippen molar-refractivity contribution in [2.45, 2.75) is 177 Å². The number of hydrogen-bond donors (Lipinski definition) is 15. The molecule has 24 N–H and O–H groups in total. The molecule has 728 valence electrons. The highest BCUT2D eigenvalue weighted by Gasteiger charge is 2.23. The molecule has 12 aromatic rings. The number of carboxylic acids is 1. The van der Waals surface area contributed by atoms with Gasteiger partial charge in [0, 0.05) is 82.8 Å². The van der Waals surface area contributed by atoms with E-state index in [1.54, 1.807) is 54.6 Å². The number of rotatable bonds is 31. The van der Waals surface area contributed by atoms with Gasteiger partial charge in [-0.25, -0.2) is 31.9 Å². The van der Waals surface area contributed by atoms with Crippen LogP contribution < -0.4 is 80.9 Å². The lowest BCUT2D eigenvalue weighted by atomic mass is 9.99. The number of halogens is 8. The first-order valence-corrected chi connectivity index (χ1v) is 43.0. The summed E-state index contributed by atoms with van der Waals surface area (Å²) >= 11 is 12.4. The number of fused-ring (bicyclic) bond motifs is 4. The number of aromatic carboxylic acids is 1. The van der Waals surface area contributed by atoms with Crippen LogP contribution in [0.3, 0.4) is 0 Å². The highest BCUT2D eigenvalue weighted by molar-refractivity contribution is 6.21. The summed E-state index contributed by atoms with van der Waals surface area (Å²) in [6, 6.07) is 55.4. The van der Waals surface area contributed by atoms with Gasteiger partial charge in [-0.1, -0.05) is 102 Å². The number of carbonyl (C=O) groups excluding carboxylic acids is 6. The van der Waals surface area contributed by atoms with Crippen LogP contribution >= 0.6 is 23.2 Å². The maximum absolute atomic E-state index is 13.2. The maximum Gasteiger partial charge on any atom is 0.407 e. The number of carboxylic acid groups (broad SMARTS) is 1. The Labute approximate surface area is 800 Å². The summed E-state index contributed by atoms with van der Waals surface area (Å²) in [6.07, 6.45) is 6.19. The van der Waals surface area contributed by atoms with Crippen molar-refractivity contribution >= 4 is 109 Å². The van der Waals surface area contributed by atoms with Crippen LogP contribution in [0.2, 0.25) is 0 Å². The molecule has 0 bridgehead atoms. The van der Waals surface area contributed by atoms with Gasteiger partial charge in [-0.05, 0) is 298 Å². The van der Waals surface area contributed by atoms with Crippen molar-refractivity contribution in [3.8, 4) is 44.5 Å². The molecule has 0 spiro atoms. The lowest BCUT2D eigenvalue weighted by Crippen LogP contribution is -3.00. The van der Waals surface area contributed by atoms with E-state index in [9.17, 15) is 51.1 Å². The van der Waals surface area contributed by atoms with Crippen LogP contribution in [0.1, 0.15) is 191 Å². The number of H-pyrrole nitrogens is 4. The van der Waals surface area contributed by atoms with Gasteiger partial charge in [-0.15, -0.1) is 23.2 Å². The number of nitrogens with two attached hydrogens (primary N) is 1. The second-order valence-corrected chi connectivity index (χ2v) is 35.0. The van der Waals surface area contributed by atoms with Crippen LogP contribution in [-0.2, 0) is 19.0 Å². The van der Waals surface area contributed by atoms with Gasteiger partial charge in [0.1, 0.15) is 62.8 Å². The third-order valence-corrected chi connectivity index (χ3v) is 20.2. The molecular weight excluding hydrogens is 1790 g/mol. The first-order valence-electron chi connectivity index (χ1n) is 42.1. The first-order chi connectivity index (χ1) is 59.8. The summed E-state index contributed by atoms with van der Waals surface area (Å²) < 4.78 is 67.9. The average molecular weight is 1930 g/mol. The number of carbonyl (C=O) groups is 7. The number of aromatic nitrogens is 4. The van der Waals surface area contributed by atoms with Crippen molar-refractivity contribution in [3.63, 3.8) is 0 Å². The third kappa shape index (κ3) is 41.3. The van der Waals surface area contributed by atoms with E-state index in [-0.39, 0.29) is 135 Å². The van der Waals surface area contributed by atoms with Crippen molar-refractivity contribution in [2.75, 3.05) is 52.4 Å². The van der Waals surface area contributed by atoms with Crippen molar-refractivity contribution in [1.82, 2.24) is 58.8 Å². The van der Waals surface area contributed by atoms with E-state index in [0.29, 0.717) is 62.8 Å². The zero-order valence-corrected chi connectivity index (χ0v) is 78.3. The predicted molar refractivity (Wildman–Crippen MR) is 521 cm³/mol. The molecule has 0 saturated heterocycles. The molecule has 12 rings (SSSR count). The lowest BCUT2D eigenvalue weighted by Gasteiger charge is -2.22. The van der Waals surface area contributed by atoms with Crippen LogP contribution in [0.4, 0.5) is 27.2 Å². The van der Waals surface area contributed by atoms with Crippen molar-refractivity contribution in [1.29, 1.82) is 0 Å². The van der Waals surface area contributed by atoms with Gasteiger partial charge in [0.15, 0.2) is 0 Å². The van der Waals surface area contributed by atoms with Crippen molar-refractivity contribution < 1.29 is 107 Å². The zero-order valence-electron chi connectivity index (χ0n) is 75.3. The quantitative estimate of drug-likeness (QED) is 0.00631. The van der Waals surface area contributed by atoms with Crippen LogP contribution in [0.5, 0.6) is 0 Å². The number of aromatic amines is 4. The SMILES string of the molecule is C.C.C.CC(C)(C)OC(=O)C[C@@H](CN)CCCNC(=O)OC(C)(C)C.C[C@H](CCCNC(=O)OC(C)(C)C)CNC(=O)c1cc2cc(-c3ccc(F)cc3)ccc2[nH]1.N.N.O=C(O)c1cc2cc(-c3ccc(F)cc3)ccc2[nH]1.[Cl-].[Cl-].[NH3+]CCC[C@@H](Cl)CNC(=O)c1cc2cc(-c3ccc(F)cc3)ccc2[nH]1.[NH3+]CCC[C@@H](Cl)CNC(=O)c1cc2cc(-c3ccc(F)cc3)ccc2[nH]1. The Bertz CT molecular complexity index is 5420. The Kier molecular flexibility index (Phi) is 52.0. The van der Waals surface area contributed by atoms with E-state index in [2.05, 4.69) is 64.9 Å². The Morgan fingerprint density at radius 2 is 0.662 bits per heavy atom. The summed E-state index contributed by atoms with van der Waals surface area (Å²) in [4.78, 5) is 95.3. The smallest absolute Gasteiger partial charge is 0.407 e. The average Bonchev–Trinajstić information content (AvgIpc) is 1.68. The number of esters is 1. The molecule has 4 atom stereocenters. The molecule has 4 aromatic heterocycles. The first kappa shape index (κ1) is 119. The van der Waals surface area contributed by atoms with Gasteiger partial charge in [0.2, 0.25) is 0 Å². The molecule has 133 heavy (non-hydrogen) atoms. The maximum atomic E-state index is 13.2. The van der Waals surface area contributed by atoms with E-state index >= 15 is 0 Å². The van der Waals surface area contributed by atoms with E-state index in [1.807, 2.05) is 153 Å². The number of alkyl halides is 2. The van der Waals surface area contributed by atoms with Crippen molar-refractivity contribution in [3.05, 3.63) is 240 Å². The number of hydrogen-bond acceptors (Lipinski definition) is 13. The molecule has 0 aliphatic rings. The minimum Gasteiger partial charge on any atom is -1.00 e. The Morgan fingerprint density at radius 1 is 0.391 bits per heavy atom. The standard InChI is InChI=1S/C26H32FN3O3.2C20H21ClFN3O.C16H32N2O4.C15H10FNO2.3CH4.2ClH.2H3N/c1-17(6-5-13-28-25(32)33-26(2,3)4)16-29-24(31)23-15-20-14-19(9-12-22(20)30-23)18-7-10-21(27)11-8-18;2*21-16(2-1-9-23)12-24-20(26)19-11-15-10-14(5-8-18(15)25-19)13-3-6-17(22)7-4-13;1-15(2,3)21-13(19)10-12(11-17)8-7-9-18-14(20)22-16(4,5)6;16-12-4-1-9(2-5-12)10-3-6-13-11(7-10)8-14(17-13)15(18)19;;;;;;;/h7-12,14-15,17,30H,5-6,13,16H2,1-4H3,(H,28,32)(H,29,31);2*3-8,10-11,16,25H,1-2,9,12,23H2,(H,24,26);12H,7-11,17H2,1-6H3,(H,18,20);1-8,17H,(H,18,19);3*1H4;2*1H;2*1H3/t17-;2*16-;12-;;;;;;;;/m1110......../s1. The van der Waals surface area contributed by atoms with Gasteiger partial charge in [-0.2, -0.15) is 0 Å². The highest BCUT2D eigenvalue weighted by atomic mass is 35.5. The molecule has 25 nitrogen and oxygen atoms in total. The molecule has 33 heteroatoms. The fraction of sp³-hybridized carbons (Fsp3) is 0.370. The topological polar surface area (TPSA) is 442 Å². The Balaban J connectivity index is 0.000000829. The highest BCUT2D eigenvalue weighted by Crippen LogP contribution is 2.31. The fourth-order valence-corrected chi connectivity index (χ4v) is 13.5. The summed E-state index contributed by atoms with van der Waals surface area (Å²) in [5.41, 5.74) is 24.3. The van der Waals surface area contributed by atoms with E-state index in [4.69, 9.17) is 48.3 Å². The zero-order chi connectivity index (χ0) is 91.8. The lowest BCUT2D eigenvalue weighted by molar-refractivity contribution is -0.368.